The molecule has 0 aliphatic carbocycles. The van der Waals surface area contributed by atoms with Crippen LogP contribution in [0.2, 0.25) is 0 Å². The third kappa shape index (κ3) is 2.90. The lowest BCUT2D eigenvalue weighted by molar-refractivity contribution is -0.121. The summed E-state index contributed by atoms with van der Waals surface area (Å²) in [6.07, 6.45) is 0.450. The number of benzene rings is 2. The van der Waals surface area contributed by atoms with Crippen LogP contribution in [0.25, 0.3) is 0 Å². The van der Waals surface area contributed by atoms with Crippen molar-refractivity contribution in [2.45, 2.75) is 24.8 Å². The summed E-state index contributed by atoms with van der Waals surface area (Å²) in [6, 6.07) is 16.0. The third-order valence-electron chi connectivity index (χ3n) is 6.36. The fourth-order valence-electron chi connectivity index (χ4n) is 5.02. The molecule has 32 heavy (non-hydrogen) atoms. The van der Waals surface area contributed by atoms with E-state index in [0.717, 1.165) is 16.8 Å². The molecule has 2 aliphatic rings. The minimum atomic E-state index is -0.950. The van der Waals surface area contributed by atoms with E-state index < -0.39 is 17.1 Å². The van der Waals surface area contributed by atoms with Crippen LogP contribution in [-0.4, -0.2) is 40.3 Å². The van der Waals surface area contributed by atoms with Gasteiger partial charge < -0.3 is 19.9 Å². The first-order chi connectivity index (χ1) is 15.4. The molecule has 2 N–H and O–H groups in total. The zero-order valence-electron chi connectivity index (χ0n) is 17.7. The van der Waals surface area contributed by atoms with Crippen molar-refractivity contribution >= 4 is 17.5 Å². The number of fused-ring (bicyclic) bond motifs is 2. The fraction of sp³-hybridized carbons (Fsp3) is 0.250. The van der Waals surface area contributed by atoms with Crippen LogP contribution in [0.5, 0.6) is 5.75 Å². The first-order valence-corrected chi connectivity index (χ1v) is 10.4. The summed E-state index contributed by atoms with van der Waals surface area (Å²) < 4.78 is 5.41. The molecule has 3 aromatic rings. The predicted octanol–water partition coefficient (Wildman–Crippen LogP) is 2.56. The van der Waals surface area contributed by atoms with Crippen LogP contribution in [0, 0.1) is 6.92 Å². The van der Waals surface area contributed by atoms with E-state index in [9.17, 15) is 14.4 Å². The number of hydrogen-bond acceptors (Lipinski definition) is 5. The highest BCUT2D eigenvalue weighted by atomic mass is 16.5. The Morgan fingerprint density at radius 2 is 1.97 bits per heavy atom. The van der Waals surface area contributed by atoms with Crippen molar-refractivity contribution in [3.8, 4) is 5.75 Å². The van der Waals surface area contributed by atoms with Gasteiger partial charge in [-0.15, -0.1) is 0 Å². The first-order valence-electron chi connectivity index (χ1n) is 10.4. The van der Waals surface area contributed by atoms with Gasteiger partial charge in [0.05, 0.1) is 13.2 Å². The topological polar surface area (TPSA) is 104 Å². The molecule has 2 atom stereocenters. The van der Waals surface area contributed by atoms with Gasteiger partial charge in [0.25, 0.3) is 5.91 Å². The van der Waals surface area contributed by atoms with Crippen LogP contribution in [0.15, 0.2) is 59.4 Å². The largest absolute Gasteiger partial charge is 0.497 e. The number of aryl methyl sites for hydroxylation is 1. The summed E-state index contributed by atoms with van der Waals surface area (Å²) in [7, 11) is 1.58. The summed E-state index contributed by atoms with van der Waals surface area (Å²) >= 11 is 0. The molecular formula is C24H22N4O4. The second kappa shape index (κ2) is 7.33. The quantitative estimate of drug-likeness (QED) is 0.665. The smallest absolute Gasteiger partial charge is 0.345 e. The second-order valence-electron chi connectivity index (χ2n) is 8.15. The van der Waals surface area contributed by atoms with Crippen molar-refractivity contribution in [1.29, 1.82) is 0 Å². The average Bonchev–Trinajstić information content (AvgIpc) is 3.32. The molecule has 2 aromatic carbocycles. The Bertz CT molecular complexity index is 1300. The number of nitrogens with zero attached hydrogens (tertiary/aromatic N) is 2. The number of amides is 2. The number of carbonyl (C=O) groups excluding carboxylic acids is 2. The Morgan fingerprint density at radius 1 is 1.16 bits per heavy atom. The molecule has 2 aliphatic heterocycles. The van der Waals surface area contributed by atoms with Gasteiger partial charge in [0, 0.05) is 17.9 Å². The van der Waals surface area contributed by atoms with Gasteiger partial charge >= 0.3 is 5.69 Å². The molecule has 162 valence electrons. The highest BCUT2D eigenvalue weighted by Crippen LogP contribution is 2.55. The summed E-state index contributed by atoms with van der Waals surface area (Å²) in [6.45, 7) is 2.04. The highest BCUT2D eigenvalue weighted by Gasteiger charge is 2.59. The van der Waals surface area contributed by atoms with Crippen LogP contribution in [0.3, 0.4) is 0 Å². The van der Waals surface area contributed by atoms with Crippen molar-refractivity contribution in [2.75, 3.05) is 19.0 Å². The van der Waals surface area contributed by atoms with E-state index in [1.807, 2.05) is 48.5 Å². The van der Waals surface area contributed by atoms with Gasteiger partial charge in [-0.25, -0.2) is 4.79 Å². The van der Waals surface area contributed by atoms with E-state index in [-0.39, 0.29) is 17.5 Å². The van der Waals surface area contributed by atoms with E-state index in [0.29, 0.717) is 24.4 Å². The van der Waals surface area contributed by atoms with Crippen LogP contribution in [-0.2, 0) is 10.2 Å². The molecular weight excluding hydrogens is 408 g/mol. The first kappa shape index (κ1) is 20.0. The molecule has 8 nitrogen and oxygen atoms in total. The minimum absolute atomic E-state index is 0.0582. The van der Waals surface area contributed by atoms with E-state index in [1.165, 1.54) is 0 Å². The number of aromatic amines is 1. The van der Waals surface area contributed by atoms with Crippen molar-refractivity contribution in [1.82, 2.24) is 14.9 Å². The molecule has 5 rings (SSSR count). The van der Waals surface area contributed by atoms with Gasteiger partial charge in [-0.2, -0.15) is 4.98 Å². The zero-order valence-corrected chi connectivity index (χ0v) is 17.7. The lowest BCUT2D eigenvalue weighted by atomic mass is 9.72. The average molecular weight is 430 g/mol. The molecule has 8 heteroatoms. The fourth-order valence-corrected chi connectivity index (χ4v) is 5.02. The summed E-state index contributed by atoms with van der Waals surface area (Å²) in [5.41, 5.74) is 1.47. The van der Waals surface area contributed by atoms with Gasteiger partial charge in [-0.3, -0.25) is 9.59 Å². The number of rotatable bonds is 3. The molecule has 0 bridgehead atoms. The Kier molecular flexibility index (Phi) is 4.58. The third-order valence-corrected chi connectivity index (χ3v) is 6.36. The van der Waals surface area contributed by atoms with Crippen molar-refractivity contribution in [3.63, 3.8) is 0 Å². The summed E-state index contributed by atoms with van der Waals surface area (Å²) in [5, 5.41) is 3.00. The minimum Gasteiger partial charge on any atom is -0.497 e. The van der Waals surface area contributed by atoms with E-state index in [1.54, 1.807) is 25.0 Å². The van der Waals surface area contributed by atoms with Gasteiger partial charge in [0.1, 0.15) is 16.9 Å². The van der Waals surface area contributed by atoms with Crippen molar-refractivity contribution in [3.05, 3.63) is 87.6 Å². The SMILES string of the molecule is COc1cccc(C2N(C(=O)c3cc(C)[nH]c(=O)n3)CCC23C(=O)Nc2ccccc23)c1. The Hall–Kier alpha value is -3.94. The maximum absolute atomic E-state index is 13.6. The van der Waals surface area contributed by atoms with Crippen molar-refractivity contribution in [2.24, 2.45) is 0 Å². The van der Waals surface area contributed by atoms with E-state index >= 15 is 0 Å². The van der Waals surface area contributed by atoms with Crippen LogP contribution in [0.4, 0.5) is 5.69 Å². The Balaban J connectivity index is 1.69. The zero-order chi connectivity index (χ0) is 22.5. The number of aromatic nitrogens is 2. The normalized spacial score (nSPS) is 21.5. The number of ether oxygens (including phenoxy) is 1. The maximum Gasteiger partial charge on any atom is 0.345 e. The molecule has 1 saturated heterocycles. The molecule has 0 saturated carbocycles. The number of H-pyrrole nitrogens is 1. The monoisotopic (exact) mass is 430 g/mol. The van der Waals surface area contributed by atoms with E-state index in [2.05, 4.69) is 15.3 Å². The lowest BCUT2D eigenvalue weighted by Gasteiger charge is -2.34. The molecule has 0 radical (unpaired) electrons. The summed E-state index contributed by atoms with van der Waals surface area (Å²) in [4.78, 5) is 47.1. The predicted molar refractivity (Wildman–Crippen MR) is 118 cm³/mol. The van der Waals surface area contributed by atoms with Gasteiger partial charge in [0.15, 0.2) is 0 Å². The van der Waals surface area contributed by atoms with Gasteiger partial charge in [-0.1, -0.05) is 30.3 Å². The lowest BCUT2D eigenvalue weighted by Crippen LogP contribution is -2.43. The van der Waals surface area contributed by atoms with Crippen molar-refractivity contribution < 1.29 is 14.3 Å². The standard InChI is InChI=1S/C24H22N4O4/c1-14-12-19(27-23(31)25-14)21(29)28-11-10-24(17-8-3-4-9-18(17)26-22(24)30)20(28)15-6-5-7-16(13-15)32-2/h3-9,12-13,20H,10-11H2,1-2H3,(H,26,30)(H,25,27,31). The van der Waals surface area contributed by atoms with Crippen LogP contribution < -0.4 is 15.7 Å². The Morgan fingerprint density at radius 3 is 2.75 bits per heavy atom. The second-order valence-corrected chi connectivity index (χ2v) is 8.15. The van der Waals surface area contributed by atoms with Gasteiger partial charge in [-0.05, 0) is 48.7 Å². The van der Waals surface area contributed by atoms with Gasteiger partial charge in [0.2, 0.25) is 5.91 Å². The number of methoxy groups -OCH3 is 1. The van der Waals surface area contributed by atoms with Crippen LogP contribution >= 0.6 is 0 Å². The molecule has 1 fully saturated rings. The molecule has 1 spiro atoms. The summed E-state index contributed by atoms with van der Waals surface area (Å²) in [5.74, 6) is 0.103. The van der Waals surface area contributed by atoms with E-state index in [4.69, 9.17) is 4.74 Å². The van der Waals surface area contributed by atoms with Crippen LogP contribution in [0.1, 0.15) is 39.8 Å². The maximum atomic E-state index is 13.6. The molecule has 2 unspecified atom stereocenters. The highest BCUT2D eigenvalue weighted by molar-refractivity contribution is 6.08. The molecule has 1 aromatic heterocycles. The number of nitrogens with one attached hydrogen (secondary N) is 2. The number of likely N-dealkylation sites (tertiary alicyclic amines) is 1. The number of para-hydroxylation sites is 1. The molecule has 2 amide bonds. The molecule has 3 heterocycles. The number of hydrogen-bond donors (Lipinski definition) is 2. The Labute approximate surface area is 184 Å². The number of anilines is 1. The number of carbonyl (C=O) groups is 2.